The Morgan fingerprint density at radius 2 is 2.17 bits per heavy atom. The van der Waals surface area contributed by atoms with Crippen molar-refractivity contribution in [3.05, 3.63) is 58.2 Å². The quantitative estimate of drug-likeness (QED) is 0.740. The van der Waals surface area contributed by atoms with E-state index in [1.54, 1.807) is 34.2 Å². The van der Waals surface area contributed by atoms with Gasteiger partial charge in [-0.1, -0.05) is 0 Å². The molecule has 23 heavy (non-hydrogen) atoms. The number of aryl methyl sites for hydroxylation is 2. The summed E-state index contributed by atoms with van der Waals surface area (Å²) in [5, 5.41) is 8.20. The average molecular weight is 326 g/mol. The van der Waals surface area contributed by atoms with Crippen LogP contribution in [0.25, 0.3) is 11.3 Å². The highest BCUT2D eigenvalue weighted by atomic mass is 32.1. The summed E-state index contributed by atoms with van der Waals surface area (Å²) in [5.74, 6) is -0.0317. The fraction of sp³-hybridized carbons (Fsp3) is 0.235. The molecule has 0 bridgehead atoms. The zero-order valence-electron chi connectivity index (χ0n) is 13.4. The third-order valence-corrected chi connectivity index (χ3v) is 4.34. The summed E-state index contributed by atoms with van der Waals surface area (Å²) in [7, 11) is 3.66. The van der Waals surface area contributed by atoms with Crippen molar-refractivity contribution in [2.45, 2.75) is 13.5 Å². The monoisotopic (exact) mass is 326 g/mol. The molecule has 0 fully saturated rings. The zero-order chi connectivity index (χ0) is 16.4. The Morgan fingerprint density at radius 1 is 1.35 bits per heavy atom. The highest BCUT2D eigenvalue weighted by Gasteiger charge is 2.16. The fourth-order valence-corrected chi connectivity index (χ4v) is 3.11. The maximum absolute atomic E-state index is 12.6. The Morgan fingerprint density at radius 3 is 2.78 bits per heavy atom. The molecule has 3 heterocycles. The molecule has 0 unspecified atom stereocenters. The second kappa shape index (κ2) is 6.34. The van der Waals surface area contributed by atoms with Gasteiger partial charge in [-0.15, -0.1) is 0 Å². The summed E-state index contributed by atoms with van der Waals surface area (Å²) < 4.78 is 1.73. The topological polar surface area (TPSA) is 51.0 Å². The molecule has 0 saturated heterocycles. The maximum Gasteiger partial charge on any atom is 0.255 e. The number of hydrogen-bond acceptors (Lipinski definition) is 4. The van der Waals surface area contributed by atoms with Crippen molar-refractivity contribution in [3.8, 4) is 11.3 Å². The van der Waals surface area contributed by atoms with Crippen LogP contribution in [-0.4, -0.2) is 32.6 Å². The normalized spacial score (nSPS) is 10.7. The molecule has 6 heteroatoms. The molecule has 0 aliphatic rings. The number of amides is 1. The van der Waals surface area contributed by atoms with Crippen LogP contribution in [0.1, 0.15) is 21.6 Å². The Hall–Kier alpha value is -2.47. The Bertz CT molecular complexity index is 823. The van der Waals surface area contributed by atoms with Gasteiger partial charge in [-0.3, -0.25) is 14.5 Å². The predicted molar refractivity (Wildman–Crippen MR) is 91.3 cm³/mol. The minimum Gasteiger partial charge on any atom is -0.337 e. The lowest BCUT2D eigenvalue weighted by Crippen LogP contribution is -2.27. The molecule has 1 amide bonds. The van der Waals surface area contributed by atoms with E-state index in [0.717, 1.165) is 22.5 Å². The van der Waals surface area contributed by atoms with Crippen LogP contribution in [0, 0.1) is 6.92 Å². The van der Waals surface area contributed by atoms with E-state index in [1.165, 1.54) is 0 Å². The second-order valence-electron chi connectivity index (χ2n) is 5.52. The smallest absolute Gasteiger partial charge is 0.255 e. The van der Waals surface area contributed by atoms with Crippen molar-refractivity contribution >= 4 is 17.2 Å². The lowest BCUT2D eigenvalue weighted by atomic mass is 10.1. The molecule has 0 N–H and O–H groups in total. The Balaban J connectivity index is 1.79. The van der Waals surface area contributed by atoms with E-state index in [9.17, 15) is 4.79 Å². The van der Waals surface area contributed by atoms with Crippen LogP contribution >= 0.6 is 11.3 Å². The molecule has 0 saturated carbocycles. The fourth-order valence-electron chi connectivity index (χ4n) is 2.46. The van der Waals surface area contributed by atoms with Crippen molar-refractivity contribution in [1.82, 2.24) is 19.7 Å². The van der Waals surface area contributed by atoms with Gasteiger partial charge in [0.2, 0.25) is 0 Å². The summed E-state index contributed by atoms with van der Waals surface area (Å²) in [6.07, 6.45) is 3.68. The van der Waals surface area contributed by atoms with E-state index < -0.39 is 0 Å². The van der Waals surface area contributed by atoms with Gasteiger partial charge in [-0.2, -0.15) is 16.4 Å². The van der Waals surface area contributed by atoms with Gasteiger partial charge >= 0.3 is 0 Å². The number of carbonyl (C=O) groups excluding carboxylic acids is 1. The molecule has 5 nitrogen and oxygen atoms in total. The van der Waals surface area contributed by atoms with Crippen LogP contribution < -0.4 is 0 Å². The van der Waals surface area contributed by atoms with Gasteiger partial charge in [0.05, 0.1) is 23.1 Å². The SMILES string of the molecule is Cc1nc(-c2ccsc2)ccc1C(=O)N(C)Cc1cnn(C)c1. The summed E-state index contributed by atoms with van der Waals surface area (Å²) >= 11 is 1.64. The highest BCUT2D eigenvalue weighted by Crippen LogP contribution is 2.22. The number of rotatable bonds is 4. The molecule has 0 aliphatic carbocycles. The number of hydrogen-bond donors (Lipinski definition) is 0. The maximum atomic E-state index is 12.6. The number of nitrogens with zero attached hydrogens (tertiary/aromatic N) is 4. The third kappa shape index (κ3) is 3.32. The molecule has 3 aromatic rings. The van der Waals surface area contributed by atoms with E-state index in [2.05, 4.69) is 15.5 Å². The minimum atomic E-state index is -0.0317. The first kappa shape index (κ1) is 15.4. The van der Waals surface area contributed by atoms with Crippen LogP contribution in [-0.2, 0) is 13.6 Å². The standard InChI is InChI=1S/C17H18N4OS/c1-12-15(4-5-16(19-12)14-6-7-23-11-14)17(22)20(2)9-13-8-18-21(3)10-13/h4-8,10-11H,9H2,1-3H3. The number of carbonyl (C=O) groups is 1. The first-order valence-corrected chi connectivity index (χ1v) is 8.22. The van der Waals surface area contributed by atoms with Gasteiger partial charge in [-0.05, 0) is 30.5 Å². The number of pyridine rings is 1. The highest BCUT2D eigenvalue weighted by molar-refractivity contribution is 7.08. The van der Waals surface area contributed by atoms with Gasteiger partial charge in [-0.25, -0.2) is 0 Å². The minimum absolute atomic E-state index is 0.0317. The second-order valence-corrected chi connectivity index (χ2v) is 6.30. The molecular formula is C17H18N4OS. The third-order valence-electron chi connectivity index (χ3n) is 3.66. The molecule has 0 aromatic carbocycles. The van der Waals surface area contributed by atoms with Crippen molar-refractivity contribution in [2.75, 3.05) is 7.05 Å². The summed E-state index contributed by atoms with van der Waals surface area (Å²) in [5.41, 5.74) is 4.37. The van der Waals surface area contributed by atoms with E-state index >= 15 is 0 Å². The average Bonchev–Trinajstić information content (AvgIpc) is 3.18. The van der Waals surface area contributed by atoms with E-state index in [1.807, 2.05) is 43.7 Å². The Labute approximate surface area is 139 Å². The van der Waals surface area contributed by atoms with Crippen LogP contribution in [0.3, 0.4) is 0 Å². The van der Waals surface area contributed by atoms with Gasteiger partial charge in [0.25, 0.3) is 5.91 Å². The first-order valence-electron chi connectivity index (χ1n) is 7.28. The molecule has 0 atom stereocenters. The van der Waals surface area contributed by atoms with Crippen molar-refractivity contribution in [1.29, 1.82) is 0 Å². The van der Waals surface area contributed by atoms with Gasteiger partial charge < -0.3 is 4.90 Å². The number of aromatic nitrogens is 3. The van der Waals surface area contributed by atoms with Gasteiger partial charge in [0.15, 0.2) is 0 Å². The molecule has 3 rings (SSSR count). The zero-order valence-corrected chi connectivity index (χ0v) is 14.2. The van der Waals surface area contributed by atoms with Crippen LogP contribution in [0.5, 0.6) is 0 Å². The van der Waals surface area contributed by atoms with Gasteiger partial charge in [0.1, 0.15) is 0 Å². The van der Waals surface area contributed by atoms with Crippen LogP contribution in [0.15, 0.2) is 41.4 Å². The van der Waals surface area contributed by atoms with Crippen molar-refractivity contribution < 1.29 is 4.79 Å². The molecular weight excluding hydrogens is 308 g/mol. The predicted octanol–water partition coefficient (Wildman–Crippen LogP) is 3.12. The lowest BCUT2D eigenvalue weighted by molar-refractivity contribution is 0.0784. The molecule has 3 aromatic heterocycles. The lowest BCUT2D eigenvalue weighted by Gasteiger charge is -2.17. The van der Waals surface area contributed by atoms with E-state index in [4.69, 9.17) is 0 Å². The molecule has 0 aliphatic heterocycles. The molecule has 0 radical (unpaired) electrons. The summed E-state index contributed by atoms with van der Waals surface area (Å²) in [4.78, 5) is 18.9. The largest absolute Gasteiger partial charge is 0.337 e. The summed E-state index contributed by atoms with van der Waals surface area (Å²) in [6.45, 7) is 2.40. The summed E-state index contributed by atoms with van der Waals surface area (Å²) in [6, 6.07) is 5.79. The first-order chi connectivity index (χ1) is 11.0. The number of thiophene rings is 1. The van der Waals surface area contributed by atoms with E-state index in [0.29, 0.717) is 12.1 Å². The van der Waals surface area contributed by atoms with Crippen molar-refractivity contribution in [3.63, 3.8) is 0 Å². The van der Waals surface area contributed by atoms with E-state index in [-0.39, 0.29) is 5.91 Å². The van der Waals surface area contributed by atoms with Crippen LogP contribution in [0.2, 0.25) is 0 Å². The molecule has 118 valence electrons. The van der Waals surface area contributed by atoms with Crippen molar-refractivity contribution in [2.24, 2.45) is 7.05 Å². The van der Waals surface area contributed by atoms with Crippen LogP contribution in [0.4, 0.5) is 0 Å². The Kier molecular flexibility index (Phi) is 4.25. The molecule has 0 spiro atoms. The van der Waals surface area contributed by atoms with Gasteiger partial charge in [0, 0.05) is 43.3 Å².